The summed E-state index contributed by atoms with van der Waals surface area (Å²) in [6, 6.07) is 5.00. The first-order chi connectivity index (χ1) is 12.5. The highest BCUT2D eigenvalue weighted by atomic mass is 127. The molecule has 1 aromatic heterocycles. The van der Waals surface area contributed by atoms with Crippen LogP contribution < -0.4 is 5.73 Å². The van der Waals surface area contributed by atoms with Gasteiger partial charge >= 0.3 is 5.97 Å². The molecule has 0 spiro atoms. The maximum Gasteiger partial charge on any atom is 0.306 e. The van der Waals surface area contributed by atoms with Crippen LogP contribution in [-0.4, -0.2) is 22.6 Å². The van der Waals surface area contributed by atoms with E-state index in [4.69, 9.17) is 10.5 Å². The maximum absolute atomic E-state index is 12.1. The highest BCUT2D eigenvalue weighted by Gasteiger charge is 2.33. The molecule has 0 unspecified atom stereocenters. The van der Waals surface area contributed by atoms with Gasteiger partial charge in [-0.3, -0.25) is 9.78 Å². The van der Waals surface area contributed by atoms with Gasteiger partial charge in [-0.15, -0.1) is 10.1 Å². The van der Waals surface area contributed by atoms with Crippen LogP contribution in [0.2, 0.25) is 0 Å². The van der Waals surface area contributed by atoms with Crippen LogP contribution in [0.4, 0.5) is 0 Å². The summed E-state index contributed by atoms with van der Waals surface area (Å²) < 4.78 is 5.31. The number of carbonyl (C=O) groups excluding carboxylic acids is 1. The van der Waals surface area contributed by atoms with Crippen LogP contribution in [0.5, 0.6) is 0 Å². The highest BCUT2D eigenvalue weighted by molar-refractivity contribution is 14.1. The second-order valence-electron chi connectivity index (χ2n) is 6.22. The lowest BCUT2D eigenvalue weighted by atomic mass is 9.72. The Labute approximate surface area is 169 Å². The SMILES string of the molecule is ClI.NCC1(CC(=O)OCc2cccc(CO[N+](=O)[O-])n2)CCCCC1. The fourth-order valence-corrected chi connectivity index (χ4v) is 3.08. The van der Waals surface area contributed by atoms with Gasteiger partial charge in [0.05, 0.1) is 17.8 Å². The molecule has 1 aliphatic rings. The zero-order valence-corrected chi connectivity index (χ0v) is 17.3. The van der Waals surface area contributed by atoms with Crippen molar-refractivity contribution < 1.29 is 19.5 Å². The zero-order valence-electron chi connectivity index (χ0n) is 14.4. The molecule has 0 bridgehead atoms. The minimum atomic E-state index is -0.870. The van der Waals surface area contributed by atoms with Crippen LogP contribution in [0.15, 0.2) is 18.2 Å². The van der Waals surface area contributed by atoms with Crippen molar-refractivity contribution in [3.05, 3.63) is 39.7 Å². The minimum absolute atomic E-state index is 0.0335. The Morgan fingerprint density at radius 3 is 2.46 bits per heavy atom. The van der Waals surface area contributed by atoms with Gasteiger partial charge in [-0.2, -0.15) is 0 Å². The molecule has 0 aromatic carbocycles. The third-order valence-electron chi connectivity index (χ3n) is 4.43. The maximum atomic E-state index is 12.1. The average molecular weight is 500 g/mol. The Morgan fingerprint density at radius 2 is 1.88 bits per heavy atom. The number of pyridine rings is 1. The molecule has 2 N–H and O–H groups in total. The van der Waals surface area contributed by atoms with Crippen molar-refractivity contribution in [1.82, 2.24) is 4.98 Å². The zero-order chi connectivity index (χ0) is 19.4. The molecular weight excluding hydrogens is 477 g/mol. The van der Waals surface area contributed by atoms with Crippen molar-refractivity contribution in [1.29, 1.82) is 0 Å². The van der Waals surface area contributed by atoms with Gasteiger partial charge in [0.25, 0.3) is 5.09 Å². The second-order valence-corrected chi connectivity index (χ2v) is 6.22. The van der Waals surface area contributed by atoms with E-state index in [1.54, 1.807) is 39.7 Å². The molecule has 0 atom stereocenters. The summed E-state index contributed by atoms with van der Waals surface area (Å²) in [5.74, 6) is -0.281. The number of nitrogens with zero attached hydrogens (tertiary/aromatic N) is 2. The van der Waals surface area contributed by atoms with Crippen molar-refractivity contribution in [3.63, 3.8) is 0 Å². The third kappa shape index (κ3) is 8.00. The fourth-order valence-electron chi connectivity index (χ4n) is 3.08. The Bertz CT molecular complexity index is 585. The predicted molar refractivity (Wildman–Crippen MR) is 105 cm³/mol. The molecule has 26 heavy (non-hydrogen) atoms. The summed E-state index contributed by atoms with van der Waals surface area (Å²) in [6.45, 7) is 0.297. The number of halogens is 2. The lowest BCUT2D eigenvalue weighted by Gasteiger charge is -2.35. The largest absolute Gasteiger partial charge is 0.459 e. The molecule has 0 radical (unpaired) electrons. The van der Waals surface area contributed by atoms with Gasteiger partial charge < -0.3 is 15.3 Å². The first-order valence-corrected chi connectivity index (χ1v) is 11.0. The molecule has 0 saturated heterocycles. The molecule has 0 amide bonds. The summed E-state index contributed by atoms with van der Waals surface area (Å²) in [6.07, 6.45) is 5.65. The van der Waals surface area contributed by atoms with Gasteiger partial charge in [-0.05, 0) is 45.8 Å². The van der Waals surface area contributed by atoms with Crippen molar-refractivity contribution in [3.8, 4) is 0 Å². The van der Waals surface area contributed by atoms with Crippen molar-refractivity contribution in [2.45, 2.75) is 51.7 Å². The topological polar surface area (TPSA) is 118 Å². The van der Waals surface area contributed by atoms with Gasteiger partial charge in [-0.1, -0.05) is 25.3 Å². The summed E-state index contributed by atoms with van der Waals surface area (Å²) in [7, 11) is 4.61. The van der Waals surface area contributed by atoms with Crippen LogP contribution in [0.3, 0.4) is 0 Å². The number of nitrogens with two attached hydrogens (primary N) is 1. The van der Waals surface area contributed by atoms with Gasteiger partial charge in [0.15, 0.2) is 0 Å². The summed E-state index contributed by atoms with van der Waals surface area (Å²) >= 11 is 1.62. The third-order valence-corrected chi connectivity index (χ3v) is 4.43. The highest BCUT2D eigenvalue weighted by Crippen LogP contribution is 2.38. The first kappa shape index (κ1) is 22.8. The molecular formula is C16H23ClIN3O5. The van der Waals surface area contributed by atoms with E-state index in [0.717, 1.165) is 25.7 Å². The van der Waals surface area contributed by atoms with Gasteiger partial charge in [-0.25, -0.2) is 0 Å². The number of rotatable bonds is 8. The van der Waals surface area contributed by atoms with E-state index in [1.165, 1.54) is 6.42 Å². The van der Waals surface area contributed by atoms with Crippen molar-refractivity contribution >= 4 is 36.3 Å². The van der Waals surface area contributed by atoms with E-state index in [9.17, 15) is 14.9 Å². The fraction of sp³-hybridized carbons (Fsp3) is 0.625. The normalized spacial score (nSPS) is 15.3. The average Bonchev–Trinajstić information content (AvgIpc) is 2.67. The van der Waals surface area contributed by atoms with E-state index in [1.807, 2.05) is 0 Å². The number of hydrogen-bond donors (Lipinski definition) is 1. The minimum Gasteiger partial charge on any atom is -0.459 e. The van der Waals surface area contributed by atoms with Gasteiger partial charge in [0, 0.05) is 21.5 Å². The Hall–Kier alpha value is -1.20. The van der Waals surface area contributed by atoms with E-state index in [-0.39, 0.29) is 24.6 Å². The molecule has 8 nitrogen and oxygen atoms in total. The standard InChI is InChI=1S/C16H23N3O5.ClI/c17-12-16(7-2-1-3-8-16)9-15(20)23-10-13-5-4-6-14(18-13)11-24-19(21)22;1-2/h4-6H,1-3,7-12,17H2;. The Balaban J connectivity index is 0.00000163. The van der Waals surface area contributed by atoms with Gasteiger partial charge in [0.1, 0.15) is 13.2 Å². The number of esters is 1. The molecule has 2 rings (SSSR count). The summed E-state index contributed by atoms with van der Waals surface area (Å²) in [4.78, 5) is 30.8. The van der Waals surface area contributed by atoms with Crippen LogP contribution >= 0.6 is 30.4 Å². The molecule has 1 aliphatic carbocycles. The summed E-state index contributed by atoms with van der Waals surface area (Å²) in [5, 5.41) is 9.33. The van der Waals surface area contributed by atoms with Crippen LogP contribution in [0, 0.1) is 15.5 Å². The monoisotopic (exact) mass is 499 g/mol. The molecule has 1 saturated carbocycles. The van der Waals surface area contributed by atoms with E-state index >= 15 is 0 Å². The van der Waals surface area contributed by atoms with E-state index in [2.05, 4.69) is 18.7 Å². The second kappa shape index (κ2) is 12.2. The predicted octanol–water partition coefficient (Wildman–Crippen LogP) is 3.71. The van der Waals surface area contributed by atoms with Crippen LogP contribution in [-0.2, 0) is 27.6 Å². The number of carbonyl (C=O) groups is 1. The van der Waals surface area contributed by atoms with E-state index < -0.39 is 5.09 Å². The smallest absolute Gasteiger partial charge is 0.306 e. The quantitative estimate of drug-likeness (QED) is 0.251. The Kier molecular flexibility index (Phi) is 10.7. The number of ether oxygens (including phenoxy) is 1. The Morgan fingerprint density at radius 1 is 1.27 bits per heavy atom. The lowest BCUT2D eigenvalue weighted by Crippen LogP contribution is -2.35. The molecule has 1 fully saturated rings. The lowest BCUT2D eigenvalue weighted by molar-refractivity contribution is -0.763. The van der Waals surface area contributed by atoms with Gasteiger partial charge in [0.2, 0.25) is 0 Å². The first-order valence-electron chi connectivity index (χ1n) is 8.25. The van der Waals surface area contributed by atoms with Crippen molar-refractivity contribution in [2.75, 3.05) is 6.54 Å². The number of aromatic nitrogens is 1. The molecule has 10 heteroatoms. The molecule has 0 aliphatic heterocycles. The molecule has 1 heterocycles. The summed E-state index contributed by atoms with van der Waals surface area (Å²) in [5.41, 5.74) is 6.68. The van der Waals surface area contributed by atoms with Crippen LogP contribution in [0.1, 0.15) is 49.9 Å². The molecule has 1 aromatic rings. The molecule has 146 valence electrons. The number of hydrogen-bond acceptors (Lipinski definition) is 7. The van der Waals surface area contributed by atoms with E-state index in [0.29, 0.717) is 24.4 Å². The van der Waals surface area contributed by atoms with Crippen molar-refractivity contribution in [2.24, 2.45) is 11.1 Å². The van der Waals surface area contributed by atoms with Crippen LogP contribution in [0.25, 0.3) is 0 Å².